The summed E-state index contributed by atoms with van der Waals surface area (Å²) in [7, 11) is 1.34. The van der Waals surface area contributed by atoms with Crippen molar-refractivity contribution in [2.24, 2.45) is 0 Å². The first-order chi connectivity index (χ1) is 8.22. The van der Waals surface area contributed by atoms with Crippen molar-refractivity contribution in [2.75, 3.05) is 7.11 Å². The number of carbonyl (C=O) groups excluding carboxylic acids is 1. The van der Waals surface area contributed by atoms with Gasteiger partial charge in [-0.1, -0.05) is 30.3 Å². The molecule has 0 aliphatic rings. The highest BCUT2D eigenvalue weighted by molar-refractivity contribution is 5.97. The fourth-order valence-electron chi connectivity index (χ4n) is 1.65. The van der Waals surface area contributed by atoms with E-state index in [0.29, 0.717) is 5.56 Å². The van der Waals surface area contributed by atoms with E-state index in [1.807, 2.05) is 6.07 Å². The molecule has 0 amide bonds. The molecule has 0 spiro atoms. The molecule has 0 bridgehead atoms. The van der Waals surface area contributed by atoms with Crippen LogP contribution in [0.3, 0.4) is 0 Å². The quantitative estimate of drug-likeness (QED) is 0.740. The summed E-state index contributed by atoms with van der Waals surface area (Å²) in [6.45, 7) is 0. The zero-order valence-electron chi connectivity index (χ0n) is 9.31. The summed E-state index contributed by atoms with van der Waals surface area (Å²) < 4.78 is 17.5. The first-order valence-corrected chi connectivity index (χ1v) is 5.15. The smallest absolute Gasteiger partial charge is 0.338 e. The van der Waals surface area contributed by atoms with Crippen LogP contribution in [-0.2, 0) is 4.74 Å². The van der Waals surface area contributed by atoms with Crippen LogP contribution in [0.5, 0.6) is 0 Å². The summed E-state index contributed by atoms with van der Waals surface area (Å²) in [4.78, 5) is 11.6. The van der Waals surface area contributed by atoms with Crippen LogP contribution >= 0.6 is 0 Å². The van der Waals surface area contributed by atoms with Crippen LogP contribution in [0, 0.1) is 5.82 Å². The molecule has 86 valence electrons. The molecule has 0 radical (unpaired) electrons. The summed E-state index contributed by atoms with van der Waals surface area (Å²) in [5.74, 6) is -0.700. The molecule has 0 heterocycles. The normalized spacial score (nSPS) is 10.0. The molecular formula is C14H11FO2. The predicted octanol–water partition coefficient (Wildman–Crippen LogP) is 3.28. The Labute approximate surface area is 98.7 Å². The molecule has 0 aliphatic heterocycles. The lowest BCUT2D eigenvalue weighted by atomic mass is 10.00. The summed E-state index contributed by atoms with van der Waals surface area (Å²) in [6, 6.07) is 13.1. The van der Waals surface area contributed by atoms with Crippen LogP contribution in [-0.4, -0.2) is 13.1 Å². The third-order valence-corrected chi connectivity index (χ3v) is 2.49. The molecule has 2 aromatic carbocycles. The summed E-state index contributed by atoms with van der Waals surface area (Å²) >= 11 is 0. The number of carbonyl (C=O) groups is 1. The number of esters is 1. The minimum Gasteiger partial charge on any atom is -0.465 e. The molecule has 0 aliphatic carbocycles. The SMILES string of the molecule is COC(=O)c1ccccc1-c1ccc(F)cc1. The summed E-state index contributed by atoms with van der Waals surface area (Å²) in [5.41, 5.74) is 1.99. The summed E-state index contributed by atoms with van der Waals surface area (Å²) in [6.07, 6.45) is 0. The van der Waals surface area contributed by atoms with Crippen LogP contribution in [0.25, 0.3) is 11.1 Å². The second kappa shape index (κ2) is 4.78. The lowest BCUT2D eigenvalue weighted by Gasteiger charge is -2.07. The van der Waals surface area contributed by atoms with E-state index in [1.54, 1.807) is 30.3 Å². The highest BCUT2D eigenvalue weighted by Crippen LogP contribution is 2.24. The van der Waals surface area contributed by atoms with Gasteiger partial charge in [-0.15, -0.1) is 0 Å². The van der Waals surface area contributed by atoms with Gasteiger partial charge < -0.3 is 4.74 Å². The van der Waals surface area contributed by atoms with E-state index in [1.165, 1.54) is 19.2 Å². The number of methoxy groups -OCH3 is 1. The third-order valence-electron chi connectivity index (χ3n) is 2.49. The molecule has 0 fully saturated rings. The van der Waals surface area contributed by atoms with Gasteiger partial charge in [-0.2, -0.15) is 0 Å². The Morgan fingerprint density at radius 2 is 1.71 bits per heavy atom. The minimum atomic E-state index is -0.398. The van der Waals surface area contributed by atoms with Crippen molar-refractivity contribution >= 4 is 5.97 Å². The zero-order chi connectivity index (χ0) is 12.3. The fraction of sp³-hybridized carbons (Fsp3) is 0.0714. The predicted molar refractivity (Wildman–Crippen MR) is 63.2 cm³/mol. The molecule has 0 N–H and O–H groups in total. The summed E-state index contributed by atoms with van der Waals surface area (Å²) in [5, 5.41) is 0. The van der Waals surface area contributed by atoms with Crippen molar-refractivity contribution in [3.05, 3.63) is 59.9 Å². The van der Waals surface area contributed by atoms with Gasteiger partial charge >= 0.3 is 5.97 Å². The van der Waals surface area contributed by atoms with Crippen LogP contribution in [0.1, 0.15) is 10.4 Å². The van der Waals surface area contributed by atoms with Gasteiger partial charge in [0.15, 0.2) is 0 Å². The van der Waals surface area contributed by atoms with Crippen molar-refractivity contribution in [2.45, 2.75) is 0 Å². The monoisotopic (exact) mass is 230 g/mol. The molecule has 0 aromatic heterocycles. The van der Waals surface area contributed by atoms with Gasteiger partial charge in [0.25, 0.3) is 0 Å². The standard InChI is InChI=1S/C14H11FO2/c1-17-14(16)13-5-3-2-4-12(13)10-6-8-11(15)9-7-10/h2-9H,1H3. The third kappa shape index (κ3) is 2.33. The molecule has 17 heavy (non-hydrogen) atoms. The Hall–Kier alpha value is -2.16. The zero-order valence-corrected chi connectivity index (χ0v) is 9.31. The van der Waals surface area contributed by atoms with Crippen LogP contribution in [0.4, 0.5) is 4.39 Å². The van der Waals surface area contributed by atoms with Crippen molar-refractivity contribution in [3.63, 3.8) is 0 Å². The molecule has 0 saturated carbocycles. The number of hydrogen-bond donors (Lipinski definition) is 0. The average molecular weight is 230 g/mol. The van der Waals surface area contributed by atoms with Crippen LogP contribution in [0.2, 0.25) is 0 Å². The molecule has 0 saturated heterocycles. The van der Waals surface area contributed by atoms with E-state index < -0.39 is 5.97 Å². The van der Waals surface area contributed by atoms with E-state index in [0.717, 1.165) is 11.1 Å². The fourth-order valence-corrected chi connectivity index (χ4v) is 1.65. The maximum Gasteiger partial charge on any atom is 0.338 e. The molecule has 2 rings (SSSR count). The van der Waals surface area contributed by atoms with Crippen molar-refractivity contribution in [1.82, 2.24) is 0 Å². The Kier molecular flexibility index (Phi) is 3.19. The van der Waals surface area contributed by atoms with Gasteiger partial charge in [-0.3, -0.25) is 0 Å². The minimum absolute atomic E-state index is 0.302. The highest BCUT2D eigenvalue weighted by Gasteiger charge is 2.11. The highest BCUT2D eigenvalue weighted by atomic mass is 19.1. The van der Waals surface area contributed by atoms with Crippen molar-refractivity contribution in [1.29, 1.82) is 0 Å². The van der Waals surface area contributed by atoms with Crippen LogP contribution in [0.15, 0.2) is 48.5 Å². The van der Waals surface area contributed by atoms with Gasteiger partial charge in [-0.05, 0) is 29.3 Å². The van der Waals surface area contributed by atoms with E-state index in [9.17, 15) is 9.18 Å². The number of benzene rings is 2. The van der Waals surface area contributed by atoms with Gasteiger partial charge in [-0.25, -0.2) is 9.18 Å². The van der Waals surface area contributed by atoms with Gasteiger partial charge in [0, 0.05) is 0 Å². The largest absolute Gasteiger partial charge is 0.465 e. The molecular weight excluding hydrogens is 219 g/mol. The number of rotatable bonds is 2. The second-order valence-corrected chi connectivity index (χ2v) is 3.54. The number of hydrogen-bond acceptors (Lipinski definition) is 2. The van der Waals surface area contributed by atoms with E-state index in [2.05, 4.69) is 0 Å². The van der Waals surface area contributed by atoms with Gasteiger partial charge in [0.2, 0.25) is 0 Å². The van der Waals surface area contributed by atoms with Crippen molar-refractivity contribution in [3.8, 4) is 11.1 Å². The van der Waals surface area contributed by atoms with E-state index in [-0.39, 0.29) is 5.82 Å². The number of ether oxygens (including phenoxy) is 1. The van der Waals surface area contributed by atoms with Gasteiger partial charge in [0.05, 0.1) is 12.7 Å². The molecule has 3 heteroatoms. The van der Waals surface area contributed by atoms with Crippen molar-refractivity contribution < 1.29 is 13.9 Å². The van der Waals surface area contributed by atoms with Crippen LogP contribution < -0.4 is 0 Å². The maximum atomic E-state index is 12.8. The van der Waals surface area contributed by atoms with E-state index in [4.69, 9.17) is 4.74 Å². The Morgan fingerprint density at radius 3 is 2.35 bits per heavy atom. The Morgan fingerprint density at radius 1 is 1.06 bits per heavy atom. The maximum absolute atomic E-state index is 12.8. The topological polar surface area (TPSA) is 26.3 Å². The van der Waals surface area contributed by atoms with E-state index >= 15 is 0 Å². The molecule has 0 atom stereocenters. The molecule has 2 aromatic rings. The Balaban J connectivity index is 2.51. The lowest BCUT2D eigenvalue weighted by molar-refractivity contribution is 0.0601. The second-order valence-electron chi connectivity index (χ2n) is 3.54. The first-order valence-electron chi connectivity index (χ1n) is 5.15. The Bertz CT molecular complexity index is 532. The molecule has 0 unspecified atom stereocenters. The molecule has 2 nitrogen and oxygen atoms in total. The average Bonchev–Trinajstić information content (AvgIpc) is 2.39. The number of halogens is 1. The first kappa shape index (κ1) is 11.3. The van der Waals surface area contributed by atoms with Gasteiger partial charge in [0.1, 0.15) is 5.82 Å². The lowest BCUT2D eigenvalue weighted by Crippen LogP contribution is -2.03.